The molecule has 1 saturated heterocycles. The maximum atomic E-state index is 12.3. The highest BCUT2D eigenvalue weighted by Gasteiger charge is 2.45. The van der Waals surface area contributed by atoms with E-state index in [1.54, 1.807) is 6.26 Å². The fourth-order valence-electron chi connectivity index (χ4n) is 3.41. The Morgan fingerprint density at radius 3 is 2.29 bits per heavy atom. The van der Waals surface area contributed by atoms with Crippen LogP contribution in [0.4, 0.5) is 0 Å². The third kappa shape index (κ3) is 5.82. The van der Waals surface area contributed by atoms with Crippen LogP contribution in [0, 0.1) is 11.5 Å². The van der Waals surface area contributed by atoms with Crippen molar-refractivity contribution in [1.29, 1.82) is 5.26 Å². The van der Waals surface area contributed by atoms with Gasteiger partial charge in [0.25, 0.3) is 6.26 Å². The van der Waals surface area contributed by atoms with Crippen LogP contribution in [0.5, 0.6) is 0 Å². The van der Waals surface area contributed by atoms with Gasteiger partial charge >= 0.3 is 0 Å². The van der Waals surface area contributed by atoms with Crippen LogP contribution in [0.15, 0.2) is 0 Å². The first-order valence-electron chi connectivity index (χ1n) is 8.01. The van der Waals surface area contributed by atoms with Gasteiger partial charge in [0.15, 0.2) is 0 Å². The van der Waals surface area contributed by atoms with Gasteiger partial charge in [-0.2, -0.15) is 5.26 Å². The third-order valence-electron chi connectivity index (χ3n) is 4.26. The van der Waals surface area contributed by atoms with Gasteiger partial charge in [-0.15, -0.1) is 10.3 Å². The predicted molar refractivity (Wildman–Crippen MR) is 81.7 cm³/mol. The molecule has 0 aromatic heterocycles. The van der Waals surface area contributed by atoms with Gasteiger partial charge in [0.05, 0.1) is 0 Å². The van der Waals surface area contributed by atoms with Crippen molar-refractivity contribution in [2.75, 3.05) is 13.2 Å². The predicted octanol–water partition coefficient (Wildman–Crippen LogP) is 3.00. The summed E-state index contributed by atoms with van der Waals surface area (Å²) in [6.45, 7) is 9.66. The molecule has 0 aromatic carbocycles. The summed E-state index contributed by atoms with van der Waals surface area (Å²) in [4.78, 5) is 0. The van der Waals surface area contributed by atoms with Crippen LogP contribution in [0.2, 0.25) is 0 Å². The molecule has 1 aliphatic rings. The molecule has 5 nitrogen and oxygen atoms in total. The van der Waals surface area contributed by atoms with Crippen LogP contribution in [-0.4, -0.2) is 35.3 Å². The van der Waals surface area contributed by atoms with Gasteiger partial charge in [-0.3, -0.25) is 0 Å². The zero-order valence-electron chi connectivity index (χ0n) is 13.9. The molecule has 0 spiro atoms. The highest BCUT2D eigenvalue weighted by atomic mass is 16.5. The fraction of sp³-hybridized carbons (Fsp3) is 0.938. The molecule has 0 unspecified atom stereocenters. The van der Waals surface area contributed by atoms with E-state index in [-0.39, 0.29) is 11.1 Å². The van der Waals surface area contributed by atoms with Crippen molar-refractivity contribution >= 4 is 0 Å². The number of nitrogens with one attached hydrogen (secondary N) is 1. The van der Waals surface area contributed by atoms with Gasteiger partial charge in [-0.1, -0.05) is 6.42 Å². The molecule has 121 valence electrons. The number of unbranched alkanes of at least 4 members (excludes halogenated alkanes) is 3. The Morgan fingerprint density at radius 1 is 1.14 bits per heavy atom. The standard InChI is InChI=1S/C16H30N3O2/c1-15(2)11-14(12-16(3,4)19(15)20)18-9-7-5-6-8-10-21-13-17/h14,18H,5-12H2,1-4H3. The second-order valence-electron chi connectivity index (χ2n) is 7.33. The van der Waals surface area contributed by atoms with Crippen molar-refractivity contribution in [2.45, 2.75) is 83.3 Å². The minimum atomic E-state index is -0.298. The van der Waals surface area contributed by atoms with Crippen molar-refractivity contribution in [3.05, 3.63) is 0 Å². The van der Waals surface area contributed by atoms with Crippen LogP contribution < -0.4 is 5.32 Å². The highest BCUT2D eigenvalue weighted by molar-refractivity contribution is 4.98. The van der Waals surface area contributed by atoms with Gasteiger partial charge in [0.2, 0.25) is 0 Å². The first-order chi connectivity index (χ1) is 9.79. The van der Waals surface area contributed by atoms with Crippen molar-refractivity contribution < 1.29 is 9.94 Å². The lowest BCUT2D eigenvalue weighted by Crippen LogP contribution is -2.61. The average Bonchev–Trinajstić information content (AvgIpc) is 2.38. The topological polar surface area (TPSA) is 68.2 Å². The molecular formula is C16H30N3O2. The zero-order valence-corrected chi connectivity index (χ0v) is 13.9. The lowest BCUT2D eigenvalue weighted by atomic mass is 9.79. The van der Waals surface area contributed by atoms with E-state index in [1.165, 1.54) is 5.06 Å². The molecule has 1 rings (SSSR count). The second-order valence-corrected chi connectivity index (χ2v) is 7.33. The minimum Gasteiger partial charge on any atom is -0.428 e. The van der Waals surface area contributed by atoms with Crippen molar-refractivity contribution in [1.82, 2.24) is 10.4 Å². The molecule has 1 radical (unpaired) electrons. The number of hydrogen-bond acceptors (Lipinski definition) is 4. The molecule has 5 heteroatoms. The summed E-state index contributed by atoms with van der Waals surface area (Å²) in [5, 5.41) is 25.4. The number of hydrogen-bond donors (Lipinski definition) is 1. The molecule has 1 fully saturated rings. The quantitative estimate of drug-likeness (QED) is 0.552. The Balaban J connectivity index is 2.20. The molecule has 1 N–H and O–H groups in total. The first kappa shape index (κ1) is 18.2. The average molecular weight is 296 g/mol. The highest BCUT2D eigenvalue weighted by Crippen LogP contribution is 2.36. The fourth-order valence-corrected chi connectivity index (χ4v) is 3.41. The number of rotatable bonds is 8. The molecule has 0 saturated carbocycles. The summed E-state index contributed by atoms with van der Waals surface area (Å²) in [5.41, 5.74) is -0.595. The van der Waals surface area contributed by atoms with Crippen LogP contribution in [0.25, 0.3) is 0 Å². The molecular weight excluding hydrogens is 266 g/mol. The molecule has 0 aliphatic carbocycles. The molecule has 0 atom stereocenters. The number of nitriles is 1. The lowest BCUT2D eigenvalue weighted by Gasteiger charge is -2.50. The third-order valence-corrected chi connectivity index (χ3v) is 4.26. The largest absolute Gasteiger partial charge is 0.428 e. The van der Waals surface area contributed by atoms with Crippen LogP contribution >= 0.6 is 0 Å². The minimum absolute atomic E-state index is 0.298. The second kappa shape index (κ2) is 7.98. The van der Waals surface area contributed by atoms with E-state index >= 15 is 0 Å². The molecule has 1 heterocycles. The van der Waals surface area contributed by atoms with E-state index < -0.39 is 0 Å². The Morgan fingerprint density at radius 2 is 1.71 bits per heavy atom. The summed E-state index contributed by atoms with van der Waals surface area (Å²) in [7, 11) is 0. The number of piperidine rings is 1. The van der Waals surface area contributed by atoms with Crippen molar-refractivity contribution in [2.24, 2.45) is 0 Å². The summed E-state index contributed by atoms with van der Waals surface area (Å²) in [6.07, 6.45) is 7.81. The first-order valence-corrected chi connectivity index (χ1v) is 8.01. The Bertz CT molecular complexity index is 332. The van der Waals surface area contributed by atoms with Crippen LogP contribution in [-0.2, 0) is 9.94 Å². The van der Waals surface area contributed by atoms with Crippen molar-refractivity contribution in [3.8, 4) is 6.26 Å². The maximum Gasteiger partial charge on any atom is 0.286 e. The van der Waals surface area contributed by atoms with E-state index in [0.717, 1.165) is 45.1 Å². The number of ether oxygens (including phenoxy) is 1. The molecule has 0 bridgehead atoms. The normalized spacial score (nSPS) is 21.9. The molecule has 1 aliphatic heterocycles. The Kier molecular flexibility index (Phi) is 6.92. The van der Waals surface area contributed by atoms with Gasteiger partial charge < -0.3 is 10.1 Å². The van der Waals surface area contributed by atoms with Crippen LogP contribution in [0.1, 0.15) is 66.2 Å². The van der Waals surface area contributed by atoms with E-state index in [2.05, 4.69) is 10.1 Å². The summed E-state index contributed by atoms with van der Waals surface area (Å²) < 4.78 is 4.65. The van der Waals surface area contributed by atoms with Crippen molar-refractivity contribution in [3.63, 3.8) is 0 Å². The Hall–Kier alpha value is -0.830. The van der Waals surface area contributed by atoms with E-state index in [0.29, 0.717) is 12.6 Å². The van der Waals surface area contributed by atoms with Gasteiger partial charge in [-0.05, 0) is 66.3 Å². The number of hydroxylamine groups is 2. The zero-order chi connectivity index (χ0) is 15.9. The number of nitrogens with zero attached hydrogens (tertiary/aromatic N) is 2. The van der Waals surface area contributed by atoms with Crippen LogP contribution in [0.3, 0.4) is 0 Å². The van der Waals surface area contributed by atoms with E-state index in [1.807, 2.05) is 27.7 Å². The molecule has 0 aromatic rings. The SMILES string of the molecule is CC1(C)CC(NCCCCCCOC#N)CC(C)(C)N1[O]. The van der Waals surface area contributed by atoms with Gasteiger partial charge in [-0.25, -0.2) is 0 Å². The summed E-state index contributed by atoms with van der Waals surface area (Å²) in [6, 6.07) is 0.419. The molecule has 21 heavy (non-hydrogen) atoms. The van der Waals surface area contributed by atoms with Gasteiger partial charge in [0, 0.05) is 17.1 Å². The Labute approximate surface area is 129 Å². The van der Waals surface area contributed by atoms with E-state index in [9.17, 15) is 5.21 Å². The lowest BCUT2D eigenvalue weighted by molar-refractivity contribution is -0.290. The maximum absolute atomic E-state index is 12.3. The smallest absolute Gasteiger partial charge is 0.286 e. The van der Waals surface area contributed by atoms with Gasteiger partial charge in [0.1, 0.15) is 6.61 Å². The van der Waals surface area contributed by atoms with E-state index in [4.69, 9.17) is 5.26 Å². The molecule has 0 amide bonds. The summed E-state index contributed by atoms with van der Waals surface area (Å²) in [5.74, 6) is 0. The monoisotopic (exact) mass is 296 g/mol. The summed E-state index contributed by atoms with van der Waals surface area (Å²) >= 11 is 0.